The number of hydrogen-bond donors (Lipinski definition) is 0. The fraction of sp³-hybridized carbons (Fsp3) is 0.375. The molecule has 0 saturated heterocycles. The van der Waals surface area contributed by atoms with Crippen molar-refractivity contribution in [3.63, 3.8) is 0 Å². The average molecular weight is 226 g/mol. The molecule has 0 fully saturated rings. The molecule has 0 atom stereocenters. The topological polar surface area (TPSA) is 0 Å². The van der Waals surface area contributed by atoms with E-state index >= 15 is 0 Å². The predicted octanol–water partition coefficient (Wildman–Crippen LogP) is 4.86. The molecular formula is C16H23B. The standard InChI is InChI=1S/C16H23B/c1-6-13(4)12-16(8-3)15(7-2)11-9-10-14(5)17/h7-8,12H,3-6,9-11H2,1-2H3/b15-7-,16-12-. The Balaban J connectivity index is 4.62. The van der Waals surface area contributed by atoms with Crippen molar-refractivity contribution in [3.8, 4) is 0 Å². The Morgan fingerprint density at radius 1 is 1.24 bits per heavy atom. The highest BCUT2D eigenvalue weighted by atomic mass is 14.1. The summed E-state index contributed by atoms with van der Waals surface area (Å²) in [5.74, 6) is 0. The smallest absolute Gasteiger partial charge is 0.106 e. The largest absolute Gasteiger partial charge is 0.125 e. The van der Waals surface area contributed by atoms with Gasteiger partial charge >= 0.3 is 0 Å². The van der Waals surface area contributed by atoms with Crippen LogP contribution in [0.15, 0.2) is 60.2 Å². The molecule has 0 heterocycles. The lowest BCUT2D eigenvalue weighted by atomic mass is 9.90. The van der Waals surface area contributed by atoms with E-state index in [1.807, 2.05) is 6.08 Å². The first-order chi connectivity index (χ1) is 8.04. The monoisotopic (exact) mass is 226 g/mol. The molecule has 0 aliphatic rings. The van der Waals surface area contributed by atoms with Crippen LogP contribution in [0.5, 0.6) is 0 Å². The minimum Gasteiger partial charge on any atom is -0.125 e. The van der Waals surface area contributed by atoms with Gasteiger partial charge in [0.25, 0.3) is 0 Å². The Hall–Kier alpha value is -1.24. The van der Waals surface area contributed by atoms with Crippen LogP contribution >= 0.6 is 0 Å². The predicted molar refractivity (Wildman–Crippen MR) is 80.2 cm³/mol. The minimum absolute atomic E-state index is 0.752. The van der Waals surface area contributed by atoms with Crippen molar-refractivity contribution < 1.29 is 0 Å². The van der Waals surface area contributed by atoms with Crippen molar-refractivity contribution >= 4 is 7.85 Å². The molecule has 0 saturated carbocycles. The summed E-state index contributed by atoms with van der Waals surface area (Å²) in [6.45, 7) is 15.7. The van der Waals surface area contributed by atoms with Crippen molar-refractivity contribution in [1.82, 2.24) is 0 Å². The van der Waals surface area contributed by atoms with E-state index in [0.29, 0.717) is 0 Å². The molecule has 0 bridgehead atoms. The van der Waals surface area contributed by atoms with Gasteiger partial charge in [0.2, 0.25) is 0 Å². The zero-order chi connectivity index (χ0) is 13.3. The van der Waals surface area contributed by atoms with E-state index in [4.69, 9.17) is 7.85 Å². The zero-order valence-corrected chi connectivity index (χ0v) is 11.3. The first-order valence-corrected chi connectivity index (χ1v) is 6.15. The summed E-state index contributed by atoms with van der Waals surface area (Å²) in [5.41, 5.74) is 4.35. The third kappa shape index (κ3) is 6.83. The Morgan fingerprint density at radius 3 is 2.29 bits per heavy atom. The van der Waals surface area contributed by atoms with Crippen LogP contribution in [0.1, 0.15) is 39.5 Å². The molecule has 0 aliphatic heterocycles. The lowest BCUT2D eigenvalue weighted by molar-refractivity contribution is 0.832. The summed E-state index contributed by atoms with van der Waals surface area (Å²) >= 11 is 0. The lowest BCUT2D eigenvalue weighted by Crippen LogP contribution is -1.90. The summed E-state index contributed by atoms with van der Waals surface area (Å²) in [6.07, 6.45) is 10.0. The Morgan fingerprint density at radius 2 is 1.88 bits per heavy atom. The van der Waals surface area contributed by atoms with Gasteiger partial charge in [-0.2, -0.15) is 0 Å². The quantitative estimate of drug-likeness (QED) is 0.409. The van der Waals surface area contributed by atoms with E-state index in [9.17, 15) is 0 Å². The van der Waals surface area contributed by atoms with Gasteiger partial charge in [-0.1, -0.05) is 43.9 Å². The summed E-state index contributed by atoms with van der Waals surface area (Å²) in [5, 5.41) is 0. The van der Waals surface area contributed by atoms with Gasteiger partial charge in [0, 0.05) is 0 Å². The van der Waals surface area contributed by atoms with Crippen molar-refractivity contribution in [2.45, 2.75) is 39.5 Å². The molecule has 1 heteroatoms. The van der Waals surface area contributed by atoms with Crippen LogP contribution < -0.4 is 0 Å². The highest BCUT2D eigenvalue weighted by Crippen LogP contribution is 2.21. The second kappa shape index (κ2) is 8.86. The molecule has 0 aromatic heterocycles. The average Bonchev–Trinajstić information content (AvgIpc) is 2.31. The van der Waals surface area contributed by atoms with Crippen LogP contribution in [-0.4, -0.2) is 7.85 Å². The van der Waals surface area contributed by atoms with Crippen molar-refractivity contribution in [1.29, 1.82) is 0 Å². The third-order valence-corrected chi connectivity index (χ3v) is 2.70. The maximum Gasteiger partial charge on any atom is 0.106 e. The maximum atomic E-state index is 5.57. The molecule has 0 rings (SSSR count). The van der Waals surface area contributed by atoms with Crippen molar-refractivity contribution in [3.05, 3.63) is 60.2 Å². The fourth-order valence-corrected chi connectivity index (χ4v) is 1.57. The summed E-state index contributed by atoms with van der Waals surface area (Å²) in [7, 11) is 5.57. The van der Waals surface area contributed by atoms with Crippen LogP contribution in [0.3, 0.4) is 0 Å². The summed E-state index contributed by atoms with van der Waals surface area (Å²) < 4.78 is 0. The van der Waals surface area contributed by atoms with Gasteiger partial charge < -0.3 is 0 Å². The van der Waals surface area contributed by atoms with E-state index in [1.54, 1.807) is 0 Å². The van der Waals surface area contributed by atoms with Gasteiger partial charge in [0.05, 0.1) is 0 Å². The third-order valence-electron chi connectivity index (χ3n) is 2.70. The second-order valence-corrected chi connectivity index (χ2v) is 4.14. The van der Waals surface area contributed by atoms with Crippen LogP contribution in [0.4, 0.5) is 0 Å². The van der Waals surface area contributed by atoms with E-state index < -0.39 is 0 Å². The van der Waals surface area contributed by atoms with Gasteiger partial charge in [-0.05, 0) is 43.8 Å². The van der Waals surface area contributed by atoms with Gasteiger partial charge in [-0.25, -0.2) is 0 Å². The molecule has 0 aromatic rings. The van der Waals surface area contributed by atoms with Crippen molar-refractivity contribution in [2.24, 2.45) is 0 Å². The van der Waals surface area contributed by atoms with E-state index in [0.717, 1.165) is 36.7 Å². The molecule has 0 unspecified atom stereocenters. The first kappa shape index (κ1) is 15.8. The maximum absolute atomic E-state index is 5.57. The van der Waals surface area contributed by atoms with Crippen molar-refractivity contribution in [2.75, 3.05) is 0 Å². The van der Waals surface area contributed by atoms with Gasteiger partial charge in [-0.3, -0.25) is 0 Å². The number of rotatable bonds is 8. The molecule has 0 aromatic carbocycles. The van der Waals surface area contributed by atoms with Crippen LogP contribution in [0, 0.1) is 0 Å². The van der Waals surface area contributed by atoms with Gasteiger partial charge in [-0.15, -0.1) is 12.1 Å². The number of allylic oxidation sites excluding steroid dienone is 7. The summed E-state index contributed by atoms with van der Waals surface area (Å²) in [4.78, 5) is 0. The van der Waals surface area contributed by atoms with Crippen LogP contribution in [0.2, 0.25) is 0 Å². The van der Waals surface area contributed by atoms with Crippen LogP contribution in [-0.2, 0) is 0 Å². The summed E-state index contributed by atoms with van der Waals surface area (Å²) in [6, 6.07) is 0. The lowest BCUT2D eigenvalue weighted by Gasteiger charge is -2.09. The normalized spacial score (nSPS) is 12.4. The van der Waals surface area contributed by atoms with E-state index in [2.05, 4.69) is 45.7 Å². The first-order valence-electron chi connectivity index (χ1n) is 6.15. The Kier molecular flexibility index (Phi) is 8.22. The molecule has 0 N–H and O–H groups in total. The SMILES string of the molecule is [B]C(=C)CCCC(=C/C)/C(C=C)=C\C(=C)CC. The van der Waals surface area contributed by atoms with Gasteiger partial charge in [0.15, 0.2) is 0 Å². The molecule has 17 heavy (non-hydrogen) atoms. The fourth-order valence-electron chi connectivity index (χ4n) is 1.57. The molecular weight excluding hydrogens is 203 g/mol. The molecule has 0 nitrogen and oxygen atoms in total. The molecule has 90 valence electrons. The minimum atomic E-state index is 0.752. The molecule has 0 spiro atoms. The molecule has 0 amide bonds. The zero-order valence-electron chi connectivity index (χ0n) is 11.3. The van der Waals surface area contributed by atoms with Gasteiger partial charge in [0.1, 0.15) is 7.85 Å². The highest BCUT2D eigenvalue weighted by molar-refractivity contribution is 6.21. The highest BCUT2D eigenvalue weighted by Gasteiger charge is 2.01. The second-order valence-electron chi connectivity index (χ2n) is 4.14. The number of hydrogen-bond acceptors (Lipinski definition) is 0. The molecule has 0 aliphatic carbocycles. The Bertz CT molecular complexity index is 343. The Labute approximate surface area is 108 Å². The van der Waals surface area contributed by atoms with E-state index in [-0.39, 0.29) is 0 Å². The van der Waals surface area contributed by atoms with E-state index in [1.165, 1.54) is 11.1 Å². The molecule has 2 radical (unpaired) electrons. The van der Waals surface area contributed by atoms with Crippen LogP contribution in [0.25, 0.3) is 0 Å².